The summed E-state index contributed by atoms with van der Waals surface area (Å²) in [7, 11) is 0. The van der Waals surface area contributed by atoms with Crippen molar-refractivity contribution in [3.05, 3.63) is 35.4 Å². The van der Waals surface area contributed by atoms with Crippen LogP contribution in [0.15, 0.2) is 24.3 Å². The number of carbonyl (C=O) groups excluding carboxylic acids is 1. The lowest BCUT2D eigenvalue weighted by atomic mass is 9.53. The van der Waals surface area contributed by atoms with Gasteiger partial charge in [0.15, 0.2) is 6.23 Å². The van der Waals surface area contributed by atoms with Crippen molar-refractivity contribution >= 4 is 5.97 Å². The van der Waals surface area contributed by atoms with Gasteiger partial charge in [-0.15, -0.1) is 0 Å². The van der Waals surface area contributed by atoms with Crippen LogP contribution in [0.1, 0.15) is 60.7 Å². The fourth-order valence-corrected chi connectivity index (χ4v) is 5.82. The lowest BCUT2D eigenvalue weighted by molar-refractivity contribution is -0.0517. The number of esters is 1. The van der Waals surface area contributed by atoms with Crippen LogP contribution in [0.2, 0.25) is 0 Å². The lowest BCUT2D eigenvalue weighted by Gasteiger charge is -2.57. The standard InChI is InChI=1S/C18H21NO2/c20-17-15-4-2-1-3-14(15)16(21-17)19-18-8-11-5-12(9-18)7-13(6-11)10-18/h1-4,11-13,16,19H,5-10H2. The maximum atomic E-state index is 12.0. The predicted octanol–water partition coefficient (Wildman–Crippen LogP) is 3.41. The third-order valence-corrected chi connectivity index (χ3v) is 6.16. The van der Waals surface area contributed by atoms with Gasteiger partial charge in [-0.1, -0.05) is 18.2 Å². The average Bonchev–Trinajstić information content (AvgIpc) is 2.74. The fourth-order valence-electron chi connectivity index (χ4n) is 5.82. The number of hydrogen-bond acceptors (Lipinski definition) is 3. The second kappa shape index (κ2) is 4.10. The van der Waals surface area contributed by atoms with E-state index in [1.807, 2.05) is 24.3 Å². The largest absolute Gasteiger partial charge is 0.439 e. The molecule has 3 nitrogen and oxygen atoms in total. The number of carbonyl (C=O) groups is 1. The number of rotatable bonds is 2. The Morgan fingerprint density at radius 1 is 1.00 bits per heavy atom. The maximum Gasteiger partial charge on any atom is 0.340 e. The summed E-state index contributed by atoms with van der Waals surface area (Å²) in [6.45, 7) is 0. The fraction of sp³-hybridized carbons (Fsp3) is 0.611. The summed E-state index contributed by atoms with van der Waals surface area (Å²) in [4.78, 5) is 12.0. The molecule has 1 aromatic rings. The number of hydrogen-bond donors (Lipinski definition) is 1. The third-order valence-electron chi connectivity index (χ3n) is 6.16. The molecule has 0 aromatic heterocycles. The van der Waals surface area contributed by atoms with E-state index in [2.05, 4.69) is 5.32 Å². The van der Waals surface area contributed by atoms with E-state index in [9.17, 15) is 4.79 Å². The highest BCUT2D eigenvalue weighted by atomic mass is 16.6. The molecule has 0 spiro atoms. The molecule has 21 heavy (non-hydrogen) atoms. The van der Waals surface area contributed by atoms with Crippen LogP contribution in [-0.4, -0.2) is 11.5 Å². The van der Waals surface area contributed by atoms with Crippen molar-refractivity contribution in [1.29, 1.82) is 0 Å². The summed E-state index contributed by atoms with van der Waals surface area (Å²) in [5, 5.41) is 3.77. The van der Waals surface area contributed by atoms with Crippen molar-refractivity contribution in [3.8, 4) is 0 Å². The highest BCUT2D eigenvalue weighted by Crippen LogP contribution is 2.56. The van der Waals surface area contributed by atoms with Crippen LogP contribution >= 0.6 is 0 Å². The van der Waals surface area contributed by atoms with Crippen LogP contribution < -0.4 is 5.32 Å². The van der Waals surface area contributed by atoms with Gasteiger partial charge in [0.05, 0.1) is 5.56 Å². The highest BCUT2D eigenvalue weighted by Gasteiger charge is 2.52. The molecule has 4 saturated carbocycles. The van der Waals surface area contributed by atoms with E-state index in [4.69, 9.17) is 4.74 Å². The van der Waals surface area contributed by atoms with E-state index in [0.29, 0.717) is 0 Å². The van der Waals surface area contributed by atoms with Crippen molar-refractivity contribution in [2.75, 3.05) is 0 Å². The first-order valence-electron chi connectivity index (χ1n) is 8.28. The Hall–Kier alpha value is -1.35. The van der Waals surface area contributed by atoms with Crippen molar-refractivity contribution < 1.29 is 9.53 Å². The van der Waals surface area contributed by atoms with Crippen LogP contribution in [-0.2, 0) is 4.74 Å². The van der Waals surface area contributed by atoms with Gasteiger partial charge in [0, 0.05) is 11.1 Å². The van der Waals surface area contributed by atoms with Gasteiger partial charge in [-0.05, 0) is 62.3 Å². The SMILES string of the molecule is O=C1OC(NC23CC4CC(CC(C4)C2)C3)c2ccccc21. The zero-order valence-corrected chi connectivity index (χ0v) is 12.2. The molecule has 1 aromatic carbocycles. The van der Waals surface area contributed by atoms with Gasteiger partial charge in [0.2, 0.25) is 0 Å². The van der Waals surface area contributed by atoms with Crippen molar-refractivity contribution in [3.63, 3.8) is 0 Å². The Morgan fingerprint density at radius 3 is 2.29 bits per heavy atom. The van der Waals surface area contributed by atoms with E-state index in [-0.39, 0.29) is 17.7 Å². The minimum absolute atomic E-state index is 0.173. The number of fused-ring (bicyclic) bond motifs is 1. The van der Waals surface area contributed by atoms with E-state index in [1.54, 1.807) is 0 Å². The summed E-state index contributed by atoms with van der Waals surface area (Å²) in [5.41, 5.74) is 1.98. The smallest absolute Gasteiger partial charge is 0.340 e. The van der Waals surface area contributed by atoms with E-state index < -0.39 is 0 Å². The van der Waals surface area contributed by atoms with Gasteiger partial charge >= 0.3 is 5.97 Å². The Labute approximate surface area is 125 Å². The molecule has 1 unspecified atom stereocenters. The molecule has 4 bridgehead atoms. The zero-order valence-electron chi connectivity index (χ0n) is 12.2. The van der Waals surface area contributed by atoms with Gasteiger partial charge in [-0.2, -0.15) is 0 Å². The Morgan fingerprint density at radius 2 is 1.62 bits per heavy atom. The molecule has 4 aliphatic carbocycles. The monoisotopic (exact) mass is 283 g/mol. The van der Waals surface area contributed by atoms with Crippen LogP contribution in [0.25, 0.3) is 0 Å². The van der Waals surface area contributed by atoms with Gasteiger partial charge in [0.1, 0.15) is 0 Å². The molecule has 1 N–H and O–H groups in total. The molecule has 1 atom stereocenters. The summed E-state index contributed by atoms with van der Waals surface area (Å²) < 4.78 is 5.62. The quantitative estimate of drug-likeness (QED) is 0.845. The number of benzene rings is 1. The molecular formula is C18H21NO2. The normalized spacial score (nSPS) is 43.0. The maximum absolute atomic E-state index is 12.0. The highest BCUT2D eigenvalue weighted by molar-refractivity contribution is 5.93. The zero-order chi connectivity index (χ0) is 14.0. The van der Waals surface area contributed by atoms with Gasteiger partial charge in [-0.3, -0.25) is 5.32 Å². The second-order valence-corrected chi connectivity index (χ2v) is 7.71. The summed E-state index contributed by atoms with van der Waals surface area (Å²) in [6.07, 6.45) is 7.89. The Kier molecular flexibility index (Phi) is 2.38. The van der Waals surface area contributed by atoms with Crippen molar-refractivity contribution in [1.82, 2.24) is 5.32 Å². The van der Waals surface area contributed by atoms with Crippen LogP contribution in [0, 0.1) is 17.8 Å². The minimum Gasteiger partial charge on any atom is -0.439 e. The van der Waals surface area contributed by atoms with Gasteiger partial charge in [-0.25, -0.2) is 4.79 Å². The summed E-state index contributed by atoms with van der Waals surface area (Å²) in [6, 6.07) is 7.81. The third kappa shape index (κ3) is 1.80. The first kappa shape index (κ1) is 12.2. The molecule has 5 aliphatic rings. The molecule has 0 amide bonds. The predicted molar refractivity (Wildman–Crippen MR) is 78.6 cm³/mol. The first-order valence-corrected chi connectivity index (χ1v) is 8.28. The molecule has 6 rings (SSSR count). The van der Waals surface area contributed by atoms with Gasteiger partial charge in [0.25, 0.3) is 0 Å². The summed E-state index contributed by atoms with van der Waals surface area (Å²) >= 11 is 0. The molecule has 1 heterocycles. The van der Waals surface area contributed by atoms with E-state index in [1.165, 1.54) is 38.5 Å². The summed E-state index contributed by atoms with van der Waals surface area (Å²) in [5.74, 6) is 2.52. The number of cyclic esters (lactones) is 1. The number of ether oxygens (including phenoxy) is 1. The Balaban J connectivity index is 1.45. The van der Waals surface area contributed by atoms with Crippen molar-refractivity contribution in [2.45, 2.75) is 50.3 Å². The molecule has 4 fully saturated rings. The van der Waals surface area contributed by atoms with Gasteiger partial charge < -0.3 is 4.74 Å². The van der Waals surface area contributed by atoms with Crippen LogP contribution in [0.5, 0.6) is 0 Å². The van der Waals surface area contributed by atoms with E-state index in [0.717, 1.165) is 28.9 Å². The van der Waals surface area contributed by atoms with Crippen LogP contribution in [0.4, 0.5) is 0 Å². The molecule has 1 aliphatic heterocycles. The molecular weight excluding hydrogens is 262 g/mol. The molecule has 3 heteroatoms. The second-order valence-electron chi connectivity index (χ2n) is 7.71. The Bertz CT molecular complexity index is 574. The lowest BCUT2D eigenvalue weighted by Crippen LogP contribution is -2.59. The topological polar surface area (TPSA) is 38.3 Å². The van der Waals surface area contributed by atoms with E-state index >= 15 is 0 Å². The molecule has 0 radical (unpaired) electrons. The number of nitrogens with one attached hydrogen (secondary N) is 1. The molecule has 0 saturated heterocycles. The molecule has 110 valence electrons. The first-order chi connectivity index (χ1) is 10.2. The van der Waals surface area contributed by atoms with Crippen molar-refractivity contribution in [2.24, 2.45) is 17.8 Å². The average molecular weight is 283 g/mol. The minimum atomic E-state index is -0.232. The van der Waals surface area contributed by atoms with Crippen LogP contribution in [0.3, 0.4) is 0 Å².